The van der Waals surface area contributed by atoms with E-state index >= 15 is 0 Å². The Hall–Kier alpha value is -1.63. The van der Waals surface area contributed by atoms with E-state index in [4.69, 9.17) is 4.74 Å². The van der Waals surface area contributed by atoms with Gasteiger partial charge in [0.2, 0.25) is 0 Å². The maximum Gasteiger partial charge on any atom is 0.255 e. The van der Waals surface area contributed by atoms with Crippen molar-refractivity contribution in [3.8, 4) is 5.75 Å². The first-order valence-corrected chi connectivity index (χ1v) is 7.56. The van der Waals surface area contributed by atoms with Crippen LogP contribution in [0.3, 0.4) is 0 Å². The highest BCUT2D eigenvalue weighted by Crippen LogP contribution is 2.19. The minimum atomic E-state index is -0.454. The van der Waals surface area contributed by atoms with Crippen LogP contribution in [0.2, 0.25) is 0 Å². The van der Waals surface area contributed by atoms with Crippen LogP contribution < -0.4 is 10.1 Å². The van der Waals surface area contributed by atoms with Crippen LogP contribution in [0.15, 0.2) is 42.5 Å². The summed E-state index contributed by atoms with van der Waals surface area (Å²) in [5.74, 6) is -0.213. The molecular weight excluding hydrogens is 384 g/mol. The monoisotopic (exact) mass is 399 g/mol. The lowest BCUT2D eigenvalue weighted by Crippen LogP contribution is -2.13. The molecule has 0 bridgehead atoms. The Labute approximate surface area is 136 Å². The first kappa shape index (κ1) is 15.8. The van der Waals surface area contributed by atoms with E-state index in [1.165, 1.54) is 6.07 Å². The standard InChI is InChI=1S/C16H15FINO2/c1-10(2)21-13-5-3-4-11(8-13)16(20)19-15-7-6-12(18)9-14(15)17/h3-10H,1-2H3,(H,19,20). The summed E-state index contributed by atoms with van der Waals surface area (Å²) in [5, 5.41) is 2.56. The molecule has 1 N–H and O–H groups in total. The fourth-order valence-electron chi connectivity index (χ4n) is 1.77. The largest absolute Gasteiger partial charge is 0.491 e. The smallest absolute Gasteiger partial charge is 0.255 e. The SMILES string of the molecule is CC(C)Oc1cccc(C(=O)Nc2ccc(I)cc2F)c1. The van der Waals surface area contributed by atoms with Crippen LogP contribution in [-0.4, -0.2) is 12.0 Å². The van der Waals surface area contributed by atoms with E-state index in [-0.39, 0.29) is 17.7 Å². The van der Waals surface area contributed by atoms with Crippen LogP contribution in [-0.2, 0) is 0 Å². The predicted octanol–water partition coefficient (Wildman–Crippen LogP) is 4.47. The summed E-state index contributed by atoms with van der Waals surface area (Å²) in [6, 6.07) is 11.5. The van der Waals surface area contributed by atoms with Gasteiger partial charge in [0.25, 0.3) is 5.91 Å². The van der Waals surface area contributed by atoms with Crippen molar-refractivity contribution in [2.45, 2.75) is 20.0 Å². The molecule has 0 heterocycles. The van der Waals surface area contributed by atoms with Gasteiger partial charge in [-0.3, -0.25) is 4.79 Å². The highest BCUT2D eigenvalue weighted by atomic mass is 127. The molecule has 21 heavy (non-hydrogen) atoms. The van der Waals surface area contributed by atoms with Crippen molar-refractivity contribution < 1.29 is 13.9 Å². The Balaban J connectivity index is 2.16. The van der Waals surface area contributed by atoms with Crippen molar-refractivity contribution in [2.75, 3.05) is 5.32 Å². The summed E-state index contributed by atoms with van der Waals surface area (Å²) in [6.45, 7) is 3.82. The highest BCUT2D eigenvalue weighted by Gasteiger charge is 2.11. The lowest BCUT2D eigenvalue weighted by Gasteiger charge is -2.11. The molecule has 0 aliphatic heterocycles. The first-order valence-electron chi connectivity index (χ1n) is 6.49. The fourth-order valence-corrected chi connectivity index (χ4v) is 2.22. The molecule has 0 saturated heterocycles. The second-order valence-corrected chi connectivity index (χ2v) is 6.02. The minimum absolute atomic E-state index is 0.0250. The van der Waals surface area contributed by atoms with Gasteiger partial charge in [0.1, 0.15) is 11.6 Å². The number of amides is 1. The average molecular weight is 399 g/mol. The Morgan fingerprint density at radius 2 is 2.00 bits per heavy atom. The van der Waals surface area contributed by atoms with E-state index in [0.29, 0.717) is 11.3 Å². The third-order valence-corrected chi connectivity index (χ3v) is 3.32. The summed E-state index contributed by atoms with van der Waals surface area (Å²) >= 11 is 2.01. The number of carbonyl (C=O) groups excluding carboxylic acids is 1. The molecule has 1 amide bonds. The highest BCUT2D eigenvalue weighted by molar-refractivity contribution is 14.1. The Morgan fingerprint density at radius 3 is 2.67 bits per heavy atom. The molecule has 0 spiro atoms. The Morgan fingerprint density at radius 1 is 1.24 bits per heavy atom. The van der Waals surface area contributed by atoms with E-state index in [1.807, 2.05) is 36.4 Å². The molecule has 0 radical (unpaired) electrons. The number of benzene rings is 2. The van der Waals surface area contributed by atoms with E-state index < -0.39 is 5.82 Å². The van der Waals surface area contributed by atoms with Crippen LogP contribution in [0, 0.1) is 9.39 Å². The summed E-state index contributed by atoms with van der Waals surface area (Å²) in [6.07, 6.45) is 0.0250. The van der Waals surface area contributed by atoms with Gasteiger partial charge in [-0.1, -0.05) is 6.07 Å². The van der Waals surface area contributed by atoms with Crippen LogP contribution >= 0.6 is 22.6 Å². The topological polar surface area (TPSA) is 38.3 Å². The number of hydrogen-bond donors (Lipinski definition) is 1. The molecule has 5 heteroatoms. The molecule has 2 rings (SSSR count). The molecule has 2 aromatic rings. The second kappa shape index (κ2) is 6.89. The maximum atomic E-state index is 13.7. The molecule has 0 aliphatic carbocycles. The second-order valence-electron chi connectivity index (χ2n) is 4.77. The van der Waals surface area contributed by atoms with Gasteiger partial charge < -0.3 is 10.1 Å². The number of hydrogen-bond acceptors (Lipinski definition) is 2. The molecule has 0 aliphatic rings. The van der Waals surface area contributed by atoms with E-state index in [2.05, 4.69) is 5.32 Å². The van der Waals surface area contributed by atoms with Crippen molar-refractivity contribution in [3.05, 3.63) is 57.4 Å². The fraction of sp³-hybridized carbons (Fsp3) is 0.188. The molecule has 0 atom stereocenters. The molecule has 0 fully saturated rings. The number of nitrogens with one attached hydrogen (secondary N) is 1. The molecule has 0 unspecified atom stereocenters. The van der Waals surface area contributed by atoms with Gasteiger partial charge in [0, 0.05) is 9.13 Å². The van der Waals surface area contributed by atoms with Gasteiger partial charge >= 0.3 is 0 Å². The van der Waals surface area contributed by atoms with E-state index in [9.17, 15) is 9.18 Å². The van der Waals surface area contributed by atoms with Crippen LogP contribution in [0.5, 0.6) is 5.75 Å². The van der Waals surface area contributed by atoms with Crippen molar-refractivity contribution in [3.63, 3.8) is 0 Å². The van der Waals surface area contributed by atoms with Crippen molar-refractivity contribution in [1.29, 1.82) is 0 Å². The van der Waals surface area contributed by atoms with Gasteiger partial charge in [-0.2, -0.15) is 0 Å². The third kappa shape index (κ3) is 4.42. The molecule has 3 nitrogen and oxygen atoms in total. The summed E-state index contributed by atoms with van der Waals surface area (Å²) in [7, 11) is 0. The zero-order valence-electron chi connectivity index (χ0n) is 11.7. The van der Waals surface area contributed by atoms with Gasteiger partial charge in [0.15, 0.2) is 0 Å². The average Bonchev–Trinajstić information content (AvgIpc) is 2.41. The van der Waals surface area contributed by atoms with Gasteiger partial charge in [0.05, 0.1) is 11.8 Å². The van der Waals surface area contributed by atoms with E-state index in [1.54, 1.807) is 36.4 Å². The molecular formula is C16H15FINO2. The Kier molecular flexibility index (Phi) is 5.17. The maximum absolute atomic E-state index is 13.7. The molecule has 2 aromatic carbocycles. The van der Waals surface area contributed by atoms with E-state index in [0.717, 1.165) is 3.57 Å². The number of rotatable bonds is 4. The number of anilines is 1. The van der Waals surface area contributed by atoms with Crippen molar-refractivity contribution in [2.24, 2.45) is 0 Å². The lowest BCUT2D eigenvalue weighted by molar-refractivity contribution is 0.102. The number of halogens is 2. The molecule has 0 saturated carbocycles. The number of carbonyl (C=O) groups is 1. The lowest BCUT2D eigenvalue weighted by atomic mass is 10.2. The number of ether oxygens (including phenoxy) is 1. The third-order valence-electron chi connectivity index (χ3n) is 2.65. The van der Waals surface area contributed by atoms with Crippen molar-refractivity contribution in [1.82, 2.24) is 0 Å². The van der Waals surface area contributed by atoms with Gasteiger partial charge in [-0.05, 0) is 72.8 Å². The normalized spacial score (nSPS) is 10.5. The van der Waals surface area contributed by atoms with Crippen LogP contribution in [0.1, 0.15) is 24.2 Å². The van der Waals surface area contributed by atoms with Gasteiger partial charge in [-0.15, -0.1) is 0 Å². The quantitative estimate of drug-likeness (QED) is 0.771. The molecule has 0 aromatic heterocycles. The molecule has 110 valence electrons. The zero-order chi connectivity index (χ0) is 15.4. The minimum Gasteiger partial charge on any atom is -0.491 e. The van der Waals surface area contributed by atoms with Crippen LogP contribution in [0.4, 0.5) is 10.1 Å². The first-order chi connectivity index (χ1) is 9.95. The van der Waals surface area contributed by atoms with Gasteiger partial charge in [-0.25, -0.2) is 4.39 Å². The predicted molar refractivity (Wildman–Crippen MR) is 89.3 cm³/mol. The Bertz CT molecular complexity index is 658. The van der Waals surface area contributed by atoms with Crippen LogP contribution in [0.25, 0.3) is 0 Å². The summed E-state index contributed by atoms with van der Waals surface area (Å²) < 4.78 is 20.0. The summed E-state index contributed by atoms with van der Waals surface area (Å²) in [5.41, 5.74) is 0.585. The summed E-state index contributed by atoms with van der Waals surface area (Å²) in [4.78, 5) is 12.2. The zero-order valence-corrected chi connectivity index (χ0v) is 13.8. The van der Waals surface area contributed by atoms with Crippen molar-refractivity contribution >= 4 is 34.2 Å².